The zero-order valence-corrected chi connectivity index (χ0v) is 17.4. The fourth-order valence-electron chi connectivity index (χ4n) is 2.54. The molecule has 0 aliphatic carbocycles. The van der Waals surface area contributed by atoms with E-state index in [0.29, 0.717) is 12.3 Å². The van der Waals surface area contributed by atoms with Crippen molar-refractivity contribution < 1.29 is 22.7 Å². The Bertz CT molecular complexity index is 910. The van der Waals surface area contributed by atoms with Crippen molar-refractivity contribution in [2.45, 2.75) is 30.6 Å². The van der Waals surface area contributed by atoms with Crippen molar-refractivity contribution in [1.82, 2.24) is 4.31 Å². The molecule has 0 heterocycles. The Morgan fingerprint density at radius 2 is 1.62 bits per heavy atom. The van der Waals surface area contributed by atoms with Crippen LogP contribution >= 0.6 is 0 Å². The van der Waals surface area contributed by atoms with E-state index in [1.165, 1.54) is 43.9 Å². The van der Waals surface area contributed by atoms with Crippen molar-refractivity contribution in [2.75, 3.05) is 26.0 Å². The van der Waals surface area contributed by atoms with Gasteiger partial charge in [-0.1, -0.05) is 30.3 Å². The van der Waals surface area contributed by atoms with Gasteiger partial charge in [0.05, 0.1) is 17.9 Å². The van der Waals surface area contributed by atoms with Crippen LogP contribution in [0.15, 0.2) is 59.5 Å². The highest BCUT2D eigenvalue weighted by atomic mass is 32.2. The first-order valence-electron chi connectivity index (χ1n) is 9.31. The summed E-state index contributed by atoms with van der Waals surface area (Å²) in [5, 5.41) is 2.64. The molecule has 1 N–H and O–H groups in total. The molecule has 0 radical (unpaired) electrons. The van der Waals surface area contributed by atoms with Crippen LogP contribution in [0.5, 0.6) is 0 Å². The summed E-state index contributed by atoms with van der Waals surface area (Å²) in [6.45, 7) is 0.317. The van der Waals surface area contributed by atoms with E-state index in [-0.39, 0.29) is 23.6 Å². The van der Waals surface area contributed by atoms with Gasteiger partial charge in [0.15, 0.2) is 0 Å². The minimum absolute atomic E-state index is 0.00470. The molecular weight excluding hydrogens is 392 g/mol. The molecule has 0 bridgehead atoms. The maximum absolute atomic E-state index is 12.0. The van der Waals surface area contributed by atoms with Crippen LogP contribution in [-0.2, 0) is 30.8 Å². The number of nitrogens with zero attached hydrogens (tertiary/aromatic N) is 1. The van der Waals surface area contributed by atoms with E-state index >= 15 is 0 Å². The van der Waals surface area contributed by atoms with Crippen LogP contribution in [0.4, 0.5) is 5.69 Å². The number of ether oxygens (including phenoxy) is 1. The van der Waals surface area contributed by atoms with E-state index in [1.54, 1.807) is 0 Å². The molecule has 0 unspecified atom stereocenters. The zero-order chi connectivity index (χ0) is 21.3. The summed E-state index contributed by atoms with van der Waals surface area (Å²) in [5.41, 5.74) is 1.65. The third-order valence-corrected chi connectivity index (χ3v) is 6.02. The third kappa shape index (κ3) is 7.32. The van der Waals surface area contributed by atoms with Crippen LogP contribution in [0.25, 0.3) is 0 Å². The molecule has 0 aliphatic heterocycles. The van der Waals surface area contributed by atoms with E-state index in [4.69, 9.17) is 4.74 Å². The molecule has 2 rings (SSSR count). The first-order chi connectivity index (χ1) is 13.8. The van der Waals surface area contributed by atoms with Gasteiger partial charge in [-0.05, 0) is 42.7 Å². The number of sulfonamides is 1. The van der Waals surface area contributed by atoms with Gasteiger partial charge in [-0.15, -0.1) is 0 Å². The van der Waals surface area contributed by atoms with Gasteiger partial charge >= 0.3 is 5.97 Å². The molecule has 7 nitrogen and oxygen atoms in total. The van der Waals surface area contributed by atoms with Crippen molar-refractivity contribution in [3.05, 3.63) is 60.2 Å². The van der Waals surface area contributed by atoms with Gasteiger partial charge < -0.3 is 10.1 Å². The average Bonchev–Trinajstić information content (AvgIpc) is 2.71. The SMILES string of the molecule is CN(C)S(=O)(=O)c1ccc(NC(=O)CCC(=O)OCCCc2ccccc2)cc1. The molecule has 0 aliphatic rings. The van der Waals surface area contributed by atoms with Crippen molar-refractivity contribution in [2.24, 2.45) is 0 Å². The van der Waals surface area contributed by atoms with Crippen LogP contribution in [0, 0.1) is 0 Å². The number of amides is 1. The smallest absolute Gasteiger partial charge is 0.306 e. The lowest BCUT2D eigenvalue weighted by molar-refractivity contribution is -0.144. The van der Waals surface area contributed by atoms with Crippen LogP contribution in [0.1, 0.15) is 24.8 Å². The summed E-state index contributed by atoms with van der Waals surface area (Å²) in [7, 11) is -0.613. The van der Waals surface area contributed by atoms with E-state index in [9.17, 15) is 18.0 Å². The summed E-state index contributed by atoms with van der Waals surface area (Å²) in [6, 6.07) is 15.8. The molecule has 0 spiro atoms. The number of rotatable bonds is 10. The number of aryl methyl sites for hydroxylation is 1. The normalized spacial score (nSPS) is 11.3. The summed E-state index contributed by atoms with van der Waals surface area (Å²) in [4.78, 5) is 23.9. The number of nitrogens with one attached hydrogen (secondary N) is 1. The highest BCUT2D eigenvalue weighted by molar-refractivity contribution is 7.89. The van der Waals surface area contributed by atoms with Crippen molar-refractivity contribution >= 4 is 27.6 Å². The number of carbonyl (C=O) groups excluding carboxylic acids is 2. The van der Waals surface area contributed by atoms with Gasteiger partial charge in [0.1, 0.15) is 0 Å². The Balaban J connectivity index is 1.69. The number of hydrogen-bond donors (Lipinski definition) is 1. The number of carbonyl (C=O) groups is 2. The van der Waals surface area contributed by atoms with Crippen LogP contribution in [-0.4, -0.2) is 45.3 Å². The van der Waals surface area contributed by atoms with Gasteiger partial charge in [0, 0.05) is 26.2 Å². The Hall–Kier alpha value is -2.71. The second-order valence-corrected chi connectivity index (χ2v) is 8.82. The largest absolute Gasteiger partial charge is 0.466 e. The Morgan fingerprint density at radius 3 is 2.24 bits per heavy atom. The molecule has 29 heavy (non-hydrogen) atoms. The third-order valence-electron chi connectivity index (χ3n) is 4.19. The van der Waals surface area contributed by atoms with E-state index in [2.05, 4.69) is 5.32 Å². The molecular formula is C21H26N2O5S. The molecule has 0 atom stereocenters. The summed E-state index contributed by atoms with van der Waals surface area (Å²) in [5.74, 6) is -0.755. The first-order valence-corrected chi connectivity index (χ1v) is 10.7. The van der Waals surface area contributed by atoms with Gasteiger partial charge in [0.2, 0.25) is 15.9 Å². The Morgan fingerprint density at radius 1 is 0.966 bits per heavy atom. The molecule has 0 aromatic heterocycles. The van der Waals surface area contributed by atoms with Crippen molar-refractivity contribution in [3.63, 3.8) is 0 Å². The van der Waals surface area contributed by atoms with Gasteiger partial charge in [-0.25, -0.2) is 12.7 Å². The standard InChI is InChI=1S/C21H26N2O5S/c1-23(2)29(26,27)19-12-10-18(11-13-19)22-20(24)14-15-21(25)28-16-6-9-17-7-4-3-5-8-17/h3-5,7-8,10-13H,6,9,14-16H2,1-2H3,(H,22,24). The Kier molecular flexibility index (Phi) is 8.35. The molecule has 0 fully saturated rings. The Labute approximate surface area is 171 Å². The van der Waals surface area contributed by atoms with Crippen LogP contribution in [0.2, 0.25) is 0 Å². The zero-order valence-electron chi connectivity index (χ0n) is 16.6. The fourth-order valence-corrected chi connectivity index (χ4v) is 3.44. The quantitative estimate of drug-likeness (QED) is 0.473. The number of esters is 1. The predicted octanol–water partition coefficient (Wildman–Crippen LogP) is 2.83. The summed E-state index contributed by atoms with van der Waals surface area (Å²) in [6.07, 6.45) is 1.54. The van der Waals surface area contributed by atoms with E-state index in [1.807, 2.05) is 30.3 Å². The first kappa shape index (κ1) is 22.6. The number of hydrogen-bond acceptors (Lipinski definition) is 5. The lowest BCUT2D eigenvalue weighted by Crippen LogP contribution is -2.22. The minimum Gasteiger partial charge on any atom is -0.466 e. The molecule has 8 heteroatoms. The maximum atomic E-state index is 12.0. The lowest BCUT2D eigenvalue weighted by atomic mass is 10.1. The average molecular weight is 419 g/mol. The van der Waals surface area contributed by atoms with Gasteiger partial charge in [-0.3, -0.25) is 9.59 Å². The highest BCUT2D eigenvalue weighted by Crippen LogP contribution is 2.17. The monoisotopic (exact) mass is 418 g/mol. The molecule has 2 aromatic rings. The molecule has 1 amide bonds. The van der Waals surface area contributed by atoms with Gasteiger partial charge in [0.25, 0.3) is 0 Å². The van der Waals surface area contributed by atoms with Crippen molar-refractivity contribution in [3.8, 4) is 0 Å². The summed E-state index contributed by atoms with van der Waals surface area (Å²) >= 11 is 0. The predicted molar refractivity (Wildman–Crippen MR) is 111 cm³/mol. The molecule has 0 saturated carbocycles. The number of benzene rings is 2. The van der Waals surface area contributed by atoms with Crippen LogP contribution < -0.4 is 5.32 Å². The van der Waals surface area contributed by atoms with E-state index in [0.717, 1.165) is 17.1 Å². The molecule has 0 saturated heterocycles. The van der Waals surface area contributed by atoms with Gasteiger partial charge in [-0.2, -0.15) is 0 Å². The lowest BCUT2D eigenvalue weighted by Gasteiger charge is -2.12. The summed E-state index contributed by atoms with van der Waals surface area (Å²) < 4.78 is 30.3. The number of anilines is 1. The fraction of sp³-hybridized carbons (Fsp3) is 0.333. The second-order valence-electron chi connectivity index (χ2n) is 6.67. The minimum atomic E-state index is -3.51. The topological polar surface area (TPSA) is 92.8 Å². The molecule has 156 valence electrons. The highest BCUT2D eigenvalue weighted by Gasteiger charge is 2.17. The molecule has 2 aromatic carbocycles. The van der Waals surface area contributed by atoms with Crippen molar-refractivity contribution in [1.29, 1.82) is 0 Å². The van der Waals surface area contributed by atoms with Crippen LogP contribution in [0.3, 0.4) is 0 Å². The maximum Gasteiger partial charge on any atom is 0.306 e. The van der Waals surface area contributed by atoms with E-state index < -0.39 is 16.0 Å². The second kappa shape index (κ2) is 10.7.